The molecule has 0 atom stereocenters. The number of fused-ring (bicyclic) bond motifs is 1. The summed E-state index contributed by atoms with van der Waals surface area (Å²) in [7, 11) is 0. The molecule has 4 rings (SSSR count). The third kappa shape index (κ3) is 3.43. The molecule has 1 amide bonds. The van der Waals surface area contributed by atoms with E-state index in [1.165, 1.54) is 24.0 Å². The summed E-state index contributed by atoms with van der Waals surface area (Å²) < 4.78 is 5.88. The monoisotopic (exact) mass is 334 g/mol. The normalized spacial score (nSPS) is 17.1. The van der Waals surface area contributed by atoms with E-state index < -0.39 is 0 Å². The highest BCUT2D eigenvalue weighted by molar-refractivity contribution is 5.94. The van der Waals surface area contributed by atoms with Crippen LogP contribution < -0.4 is 4.74 Å². The standard InChI is InChI=1S/C21H22N2O2/c24-21(18-7-4-10-22-14-18)23-11-12-25-20-9-8-17(13-19(20)15-23)16-5-2-1-3-6-16/h4-5,7-10,13-14H,1-3,6,11-12,15H2. The molecular weight excluding hydrogens is 312 g/mol. The molecule has 1 aliphatic heterocycles. The van der Waals surface area contributed by atoms with Gasteiger partial charge >= 0.3 is 0 Å². The zero-order chi connectivity index (χ0) is 17.1. The number of benzene rings is 1. The number of carbonyl (C=O) groups excluding carboxylic acids is 1. The molecule has 0 radical (unpaired) electrons. The van der Waals surface area contributed by atoms with Gasteiger partial charge in [0.1, 0.15) is 12.4 Å². The maximum absolute atomic E-state index is 12.8. The van der Waals surface area contributed by atoms with Gasteiger partial charge in [-0.25, -0.2) is 0 Å². The Morgan fingerprint density at radius 3 is 2.96 bits per heavy atom. The molecule has 0 unspecified atom stereocenters. The highest BCUT2D eigenvalue weighted by atomic mass is 16.5. The molecule has 0 fully saturated rings. The van der Waals surface area contributed by atoms with Crippen LogP contribution in [0.15, 0.2) is 48.8 Å². The zero-order valence-corrected chi connectivity index (χ0v) is 14.3. The summed E-state index contributed by atoms with van der Waals surface area (Å²) in [6.07, 6.45) is 10.5. The molecule has 2 heterocycles. The maximum atomic E-state index is 12.8. The van der Waals surface area contributed by atoms with Crippen LogP contribution in [0.4, 0.5) is 0 Å². The Kier molecular flexibility index (Phi) is 4.51. The van der Waals surface area contributed by atoms with Crippen molar-refractivity contribution in [3.63, 3.8) is 0 Å². The van der Waals surface area contributed by atoms with E-state index in [0.29, 0.717) is 25.3 Å². The van der Waals surface area contributed by atoms with Crippen molar-refractivity contribution in [2.75, 3.05) is 13.2 Å². The third-order valence-electron chi connectivity index (χ3n) is 4.90. The molecule has 2 aliphatic rings. The molecule has 0 saturated carbocycles. The molecule has 1 aromatic heterocycles. The first-order chi connectivity index (χ1) is 12.3. The van der Waals surface area contributed by atoms with Gasteiger partial charge in [0, 0.05) is 24.5 Å². The Labute approximate surface area is 148 Å². The number of carbonyl (C=O) groups is 1. The number of hydrogen-bond acceptors (Lipinski definition) is 3. The molecular formula is C21H22N2O2. The zero-order valence-electron chi connectivity index (χ0n) is 14.3. The van der Waals surface area contributed by atoms with Gasteiger partial charge in [-0.3, -0.25) is 9.78 Å². The van der Waals surface area contributed by atoms with Crippen molar-refractivity contribution in [1.29, 1.82) is 0 Å². The maximum Gasteiger partial charge on any atom is 0.255 e. The van der Waals surface area contributed by atoms with E-state index in [1.807, 2.05) is 11.0 Å². The molecule has 0 saturated heterocycles. The first kappa shape index (κ1) is 15.9. The van der Waals surface area contributed by atoms with E-state index in [0.717, 1.165) is 24.2 Å². The van der Waals surface area contributed by atoms with E-state index in [4.69, 9.17) is 4.74 Å². The Hall–Kier alpha value is -2.62. The van der Waals surface area contributed by atoms with Crippen LogP contribution in [-0.2, 0) is 6.54 Å². The fourth-order valence-corrected chi connectivity index (χ4v) is 3.54. The summed E-state index contributed by atoms with van der Waals surface area (Å²) in [6.45, 7) is 1.67. The van der Waals surface area contributed by atoms with Gasteiger partial charge in [-0.15, -0.1) is 0 Å². The van der Waals surface area contributed by atoms with Crippen LogP contribution in [0.1, 0.15) is 47.2 Å². The fraction of sp³-hybridized carbons (Fsp3) is 0.333. The largest absolute Gasteiger partial charge is 0.491 e. The van der Waals surface area contributed by atoms with Crippen molar-refractivity contribution in [2.24, 2.45) is 0 Å². The molecule has 1 aliphatic carbocycles. The van der Waals surface area contributed by atoms with E-state index in [9.17, 15) is 4.79 Å². The third-order valence-corrected chi connectivity index (χ3v) is 4.90. The highest BCUT2D eigenvalue weighted by Gasteiger charge is 2.22. The number of amides is 1. The van der Waals surface area contributed by atoms with Crippen LogP contribution in [0.5, 0.6) is 5.75 Å². The van der Waals surface area contributed by atoms with Crippen molar-refractivity contribution < 1.29 is 9.53 Å². The van der Waals surface area contributed by atoms with Crippen molar-refractivity contribution in [2.45, 2.75) is 32.2 Å². The van der Waals surface area contributed by atoms with Crippen molar-refractivity contribution >= 4 is 11.5 Å². The Bertz CT molecular complexity index is 799. The van der Waals surface area contributed by atoms with Gasteiger partial charge in [0.2, 0.25) is 0 Å². The summed E-state index contributed by atoms with van der Waals surface area (Å²) in [5, 5.41) is 0. The number of rotatable bonds is 2. The van der Waals surface area contributed by atoms with Crippen molar-refractivity contribution in [3.8, 4) is 5.75 Å². The highest BCUT2D eigenvalue weighted by Crippen LogP contribution is 2.31. The number of ether oxygens (including phenoxy) is 1. The van der Waals surface area contributed by atoms with E-state index in [2.05, 4.69) is 29.3 Å². The second-order valence-electron chi connectivity index (χ2n) is 6.61. The molecule has 1 aromatic carbocycles. The first-order valence-corrected chi connectivity index (χ1v) is 8.96. The summed E-state index contributed by atoms with van der Waals surface area (Å²) in [5.74, 6) is 0.897. The quantitative estimate of drug-likeness (QED) is 0.831. The van der Waals surface area contributed by atoms with Crippen molar-refractivity contribution in [1.82, 2.24) is 9.88 Å². The SMILES string of the molecule is O=C(c1cccnc1)N1CCOc2ccc(C3=CCCCC3)cc2C1. The lowest BCUT2D eigenvalue weighted by molar-refractivity contribution is 0.0733. The number of allylic oxidation sites excluding steroid dienone is 2. The predicted octanol–water partition coefficient (Wildman–Crippen LogP) is 4.07. The van der Waals surface area contributed by atoms with Crippen LogP contribution in [0, 0.1) is 0 Å². The number of pyridine rings is 1. The molecule has 128 valence electrons. The first-order valence-electron chi connectivity index (χ1n) is 8.96. The molecule has 0 N–H and O–H groups in total. The Balaban J connectivity index is 1.60. The van der Waals surface area contributed by atoms with Crippen LogP contribution in [0.25, 0.3) is 5.57 Å². The Morgan fingerprint density at radius 2 is 2.16 bits per heavy atom. The lowest BCUT2D eigenvalue weighted by Crippen LogP contribution is -2.32. The van der Waals surface area contributed by atoms with Gasteiger partial charge < -0.3 is 9.64 Å². The molecule has 4 nitrogen and oxygen atoms in total. The van der Waals surface area contributed by atoms with Crippen LogP contribution in [0.2, 0.25) is 0 Å². The van der Waals surface area contributed by atoms with Gasteiger partial charge in [0.25, 0.3) is 5.91 Å². The second kappa shape index (κ2) is 7.09. The van der Waals surface area contributed by atoms with Gasteiger partial charge in [-0.2, -0.15) is 0 Å². The van der Waals surface area contributed by atoms with Gasteiger partial charge in [0.15, 0.2) is 0 Å². The molecule has 0 spiro atoms. The minimum atomic E-state index is 0.00633. The summed E-state index contributed by atoms with van der Waals surface area (Å²) in [4.78, 5) is 18.7. The van der Waals surface area contributed by atoms with Crippen LogP contribution in [-0.4, -0.2) is 28.9 Å². The second-order valence-corrected chi connectivity index (χ2v) is 6.61. The average Bonchev–Trinajstić information content (AvgIpc) is 2.90. The van der Waals surface area contributed by atoms with Crippen molar-refractivity contribution in [3.05, 3.63) is 65.5 Å². The summed E-state index contributed by atoms with van der Waals surface area (Å²) >= 11 is 0. The molecule has 2 aromatic rings. The van der Waals surface area contributed by atoms with Gasteiger partial charge in [-0.05, 0) is 61.1 Å². The lowest BCUT2D eigenvalue weighted by Gasteiger charge is -2.20. The minimum absolute atomic E-state index is 0.00633. The number of hydrogen-bond donors (Lipinski definition) is 0. The molecule has 25 heavy (non-hydrogen) atoms. The average molecular weight is 334 g/mol. The summed E-state index contributed by atoms with van der Waals surface area (Å²) in [6, 6.07) is 10.0. The topological polar surface area (TPSA) is 42.4 Å². The minimum Gasteiger partial charge on any atom is -0.491 e. The Morgan fingerprint density at radius 1 is 1.20 bits per heavy atom. The lowest BCUT2D eigenvalue weighted by atomic mass is 9.92. The molecule has 0 bridgehead atoms. The molecule has 4 heteroatoms. The summed E-state index contributed by atoms with van der Waals surface area (Å²) in [5.41, 5.74) is 4.39. The van der Waals surface area contributed by atoms with Gasteiger partial charge in [0.05, 0.1) is 12.1 Å². The predicted molar refractivity (Wildman–Crippen MR) is 97.4 cm³/mol. The van der Waals surface area contributed by atoms with E-state index >= 15 is 0 Å². The smallest absolute Gasteiger partial charge is 0.255 e. The van der Waals surface area contributed by atoms with E-state index in [-0.39, 0.29) is 5.91 Å². The van der Waals surface area contributed by atoms with Crippen LogP contribution >= 0.6 is 0 Å². The fourth-order valence-electron chi connectivity index (χ4n) is 3.54. The van der Waals surface area contributed by atoms with Crippen LogP contribution in [0.3, 0.4) is 0 Å². The number of aromatic nitrogens is 1. The number of nitrogens with zero attached hydrogens (tertiary/aromatic N) is 2. The van der Waals surface area contributed by atoms with E-state index in [1.54, 1.807) is 18.5 Å². The van der Waals surface area contributed by atoms with Gasteiger partial charge in [-0.1, -0.05) is 12.1 Å².